The molecule has 0 aliphatic heterocycles. The maximum atomic E-state index is 11.7. The molecule has 5 nitrogen and oxygen atoms in total. The molecule has 2 rings (SSSR count). The van der Waals surface area contributed by atoms with Crippen LogP contribution in [0.4, 0.5) is 5.69 Å². The summed E-state index contributed by atoms with van der Waals surface area (Å²) < 4.78 is 5.13. The van der Waals surface area contributed by atoms with Gasteiger partial charge in [-0.15, -0.1) is 0 Å². The molecule has 5 heteroatoms. The lowest BCUT2D eigenvalue weighted by molar-refractivity contribution is 0.101. The van der Waals surface area contributed by atoms with Gasteiger partial charge in [-0.3, -0.25) is 14.8 Å². The largest absolute Gasteiger partial charge is 0.381 e. The number of aromatic nitrogens is 1. The fourth-order valence-electron chi connectivity index (χ4n) is 3.26. The molecule has 0 radical (unpaired) electrons. The molecular formula is C35H57N3O2. The highest BCUT2D eigenvalue weighted by atomic mass is 16.5. The van der Waals surface area contributed by atoms with Gasteiger partial charge in [0.2, 0.25) is 0 Å². The normalized spacial score (nSPS) is 10.0. The van der Waals surface area contributed by atoms with Crippen LogP contribution in [0.5, 0.6) is 0 Å². The minimum atomic E-state index is 0.0457. The number of allylic oxidation sites excluding steroid dienone is 1. The van der Waals surface area contributed by atoms with Crippen LogP contribution in [0.3, 0.4) is 0 Å². The van der Waals surface area contributed by atoms with E-state index in [1.807, 2.05) is 83.1 Å². The SMILES string of the molecule is C=C(/C(C)=C\N=C(C)C)N(C)c1ccccc1C(C)=O.CC.CCCCc1cc(C)ccn1.CCCOCCC. The van der Waals surface area contributed by atoms with E-state index in [-0.39, 0.29) is 5.78 Å². The third kappa shape index (κ3) is 18.3. The molecule has 0 spiro atoms. The fraction of sp³-hybridized carbons (Fsp3) is 0.514. The Bertz CT molecular complexity index is 1020. The Labute approximate surface area is 246 Å². The van der Waals surface area contributed by atoms with Gasteiger partial charge in [0.05, 0.1) is 5.69 Å². The number of benzene rings is 1. The number of anilines is 1. The molecule has 0 atom stereocenters. The van der Waals surface area contributed by atoms with E-state index in [1.165, 1.54) is 24.1 Å². The number of carbonyl (C=O) groups is 1. The van der Waals surface area contributed by atoms with E-state index >= 15 is 0 Å². The first-order valence-electron chi connectivity index (χ1n) is 14.8. The first-order valence-corrected chi connectivity index (χ1v) is 14.8. The second-order valence-corrected chi connectivity index (χ2v) is 9.51. The minimum Gasteiger partial charge on any atom is -0.381 e. The van der Waals surface area contributed by atoms with E-state index in [1.54, 1.807) is 13.1 Å². The standard InChI is InChI=1S/C17H22N2O.C10H15N.C6H14O.C2H6/c1-12(2)18-11-13(3)14(4)19(6)17-10-8-7-9-16(17)15(5)20;1-3-4-5-10-8-9(2)6-7-11-10;1-3-5-7-6-4-2;1-2/h7-11H,4H2,1-3,5-6H3;6-8H,3-5H2,1-2H3;3-6H2,1-2H3;1-2H3/b13-11-;;;. The predicted molar refractivity (Wildman–Crippen MR) is 177 cm³/mol. The van der Waals surface area contributed by atoms with Crippen LogP contribution in [-0.2, 0) is 11.2 Å². The molecule has 0 unspecified atom stereocenters. The summed E-state index contributed by atoms with van der Waals surface area (Å²) in [6.07, 6.45) is 9.58. The van der Waals surface area contributed by atoms with Gasteiger partial charge in [0.15, 0.2) is 5.78 Å². The quantitative estimate of drug-likeness (QED) is 0.114. The maximum absolute atomic E-state index is 11.7. The number of pyridine rings is 1. The van der Waals surface area contributed by atoms with Gasteiger partial charge < -0.3 is 9.64 Å². The summed E-state index contributed by atoms with van der Waals surface area (Å²) in [5.74, 6) is 0.0457. The third-order valence-electron chi connectivity index (χ3n) is 5.48. The van der Waals surface area contributed by atoms with Gasteiger partial charge in [0.1, 0.15) is 0 Å². The van der Waals surface area contributed by atoms with E-state index in [2.05, 4.69) is 50.3 Å². The topological polar surface area (TPSA) is 54.8 Å². The number of rotatable bonds is 12. The number of para-hydroxylation sites is 1. The van der Waals surface area contributed by atoms with Crippen LogP contribution >= 0.6 is 0 Å². The van der Waals surface area contributed by atoms with E-state index in [0.29, 0.717) is 5.56 Å². The number of aliphatic imine (C=N–C) groups is 1. The number of likely N-dealkylation sites (N-methyl/N-ethyl adjacent to an activating group) is 1. The minimum absolute atomic E-state index is 0.0457. The van der Waals surface area contributed by atoms with Gasteiger partial charge in [-0.1, -0.05) is 59.8 Å². The monoisotopic (exact) mass is 551 g/mol. The number of unbranched alkanes of at least 4 members (excludes halogenated alkanes) is 1. The van der Waals surface area contributed by atoms with Crippen molar-refractivity contribution in [2.75, 3.05) is 25.2 Å². The van der Waals surface area contributed by atoms with Crippen LogP contribution in [-0.4, -0.2) is 36.7 Å². The zero-order valence-corrected chi connectivity index (χ0v) is 27.4. The van der Waals surface area contributed by atoms with E-state index in [0.717, 1.165) is 55.1 Å². The molecule has 0 N–H and O–H groups in total. The van der Waals surface area contributed by atoms with Gasteiger partial charge >= 0.3 is 0 Å². The molecule has 40 heavy (non-hydrogen) atoms. The van der Waals surface area contributed by atoms with Crippen molar-refractivity contribution in [2.24, 2.45) is 4.99 Å². The Morgan fingerprint density at radius 3 is 2.10 bits per heavy atom. The summed E-state index contributed by atoms with van der Waals surface area (Å²) >= 11 is 0. The van der Waals surface area contributed by atoms with E-state index in [4.69, 9.17) is 4.74 Å². The van der Waals surface area contributed by atoms with E-state index < -0.39 is 0 Å². The van der Waals surface area contributed by atoms with Crippen molar-refractivity contribution in [1.82, 2.24) is 4.98 Å². The van der Waals surface area contributed by atoms with Crippen molar-refractivity contribution in [3.63, 3.8) is 0 Å². The molecule has 0 fully saturated rings. The second-order valence-electron chi connectivity index (χ2n) is 9.51. The van der Waals surface area contributed by atoms with Crippen LogP contribution in [0.25, 0.3) is 0 Å². The van der Waals surface area contributed by atoms with E-state index in [9.17, 15) is 4.79 Å². The maximum Gasteiger partial charge on any atom is 0.161 e. The van der Waals surface area contributed by atoms with Crippen molar-refractivity contribution in [3.8, 4) is 0 Å². The first-order chi connectivity index (χ1) is 19.1. The van der Waals surface area contributed by atoms with Crippen LogP contribution in [0, 0.1) is 6.92 Å². The molecule has 1 aromatic heterocycles. The van der Waals surface area contributed by atoms with Gasteiger partial charge in [-0.25, -0.2) is 0 Å². The molecule has 0 saturated heterocycles. The van der Waals surface area contributed by atoms with Gasteiger partial charge in [0.25, 0.3) is 0 Å². The van der Waals surface area contributed by atoms with Crippen LogP contribution < -0.4 is 4.90 Å². The molecule has 1 heterocycles. The zero-order chi connectivity index (χ0) is 30.9. The Morgan fingerprint density at radius 2 is 1.60 bits per heavy atom. The number of aryl methyl sites for hydroxylation is 2. The summed E-state index contributed by atoms with van der Waals surface area (Å²) in [6.45, 7) is 25.9. The average molecular weight is 552 g/mol. The molecule has 0 bridgehead atoms. The molecule has 0 saturated carbocycles. The lowest BCUT2D eigenvalue weighted by atomic mass is 10.1. The van der Waals surface area contributed by atoms with Gasteiger partial charge in [-0.05, 0) is 95.7 Å². The highest BCUT2D eigenvalue weighted by Gasteiger charge is 2.13. The Kier molecular flexibility index (Phi) is 24.4. The van der Waals surface area contributed by atoms with Crippen molar-refractivity contribution in [2.45, 2.75) is 101 Å². The molecule has 0 aliphatic carbocycles. The van der Waals surface area contributed by atoms with Crippen molar-refractivity contribution >= 4 is 17.2 Å². The fourth-order valence-corrected chi connectivity index (χ4v) is 3.26. The Morgan fingerprint density at radius 1 is 1.00 bits per heavy atom. The number of Topliss-reactive ketones (excluding diaryl/α,β-unsaturated/α-hetero) is 1. The number of hydrogen-bond acceptors (Lipinski definition) is 5. The zero-order valence-electron chi connectivity index (χ0n) is 27.4. The van der Waals surface area contributed by atoms with Crippen LogP contribution in [0.2, 0.25) is 0 Å². The summed E-state index contributed by atoms with van der Waals surface area (Å²) in [4.78, 5) is 22.2. The van der Waals surface area contributed by atoms with Crippen molar-refractivity contribution in [1.29, 1.82) is 0 Å². The highest BCUT2D eigenvalue weighted by Crippen LogP contribution is 2.25. The highest BCUT2D eigenvalue weighted by molar-refractivity contribution is 6.00. The van der Waals surface area contributed by atoms with Crippen molar-refractivity contribution in [3.05, 3.63) is 83.5 Å². The van der Waals surface area contributed by atoms with Crippen LogP contribution in [0.1, 0.15) is 110 Å². The van der Waals surface area contributed by atoms with Gasteiger partial charge in [-0.2, -0.15) is 0 Å². The lowest BCUT2D eigenvalue weighted by Gasteiger charge is -2.24. The number of ketones is 1. The number of hydrogen-bond donors (Lipinski definition) is 0. The molecule has 2 aromatic rings. The van der Waals surface area contributed by atoms with Crippen LogP contribution in [0.15, 0.2) is 71.6 Å². The summed E-state index contributed by atoms with van der Waals surface area (Å²) in [5.41, 5.74) is 6.87. The lowest BCUT2D eigenvalue weighted by Crippen LogP contribution is -2.18. The number of ether oxygens (including phenoxy) is 1. The Hall–Kier alpha value is -3.05. The van der Waals surface area contributed by atoms with Gasteiger partial charge in [0, 0.05) is 55.3 Å². The molecule has 1 aromatic carbocycles. The molecule has 224 valence electrons. The molecule has 0 amide bonds. The number of carbonyl (C=O) groups excluding carboxylic acids is 1. The number of nitrogens with zero attached hydrogens (tertiary/aromatic N) is 3. The Balaban J connectivity index is 0. The third-order valence-corrected chi connectivity index (χ3v) is 5.48. The molecular weight excluding hydrogens is 494 g/mol. The smallest absolute Gasteiger partial charge is 0.161 e. The molecule has 0 aliphatic rings. The van der Waals surface area contributed by atoms with Crippen molar-refractivity contribution < 1.29 is 9.53 Å². The summed E-state index contributed by atoms with van der Waals surface area (Å²) in [7, 11) is 1.91. The average Bonchev–Trinajstić information content (AvgIpc) is 2.96. The summed E-state index contributed by atoms with van der Waals surface area (Å²) in [6, 6.07) is 11.7. The predicted octanol–water partition coefficient (Wildman–Crippen LogP) is 9.81. The first kappa shape index (κ1) is 39.1. The summed E-state index contributed by atoms with van der Waals surface area (Å²) in [5, 5.41) is 0. The second kappa shape index (κ2) is 25.0.